The first-order valence-electron chi connectivity index (χ1n) is 4.75. The van der Waals surface area contributed by atoms with Crippen LogP contribution in [0.2, 0.25) is 0 Å². The molecular weight excluding hydrogens is 305 g/mol. The van der Waals surface area contributed by atoms with E-state index in [-0.39, 0.29) is 6.04 Å². The zero-order chi connectivity index (χ0) is 11.4. The molecule has 0 aromatic heterocycles. The first kappa shape index (κ1) is 12.6. The molecule has 0 amide bonds. The van der Waals surface area contributed by atoms with Crippen LogP contribution in [0, 0.1) is 3.57 Å². The van der Waals surface area contributed by atoms with E-state index in [9.17, 15) is 0 Å². The van der Waals surface area contributed by atoms with Crippen LogP contribution in [-0.4, -0.2) is 20.3 Å². The molecule has 3 nitrogen and oxygen atoms in total. The highest BCUT2D eigenvalue weighted by Crippen LogP contribution is 2.34. The second-order valence-corrected chi connectivity index (χ2v) is 4.61. The molecule has 0 saturated carbocycles. The predicted octanol–water partition coefficient (Wildman–Crippen LogP) is 2.20. The summed E-state index contributed by atoms with van der Waals surface area (Å²) in [6, 6.07) is 4.03. The molecule has 0 radical (unpaired) electrons. The van der Waals surface area contributed by atoms with E-state index in [2.05, 4.69) is 22.6 Å². The van der Waals surface area contributed by atoms with Crippen LogP contribution in [0.1, 0.15) is 12.5 Å². The Hall–Kier alpha value is -0.490. The Morgan fingerprint density at radius 2 is 2.00 bits per heavy atom. The molecular formula is C11H16INO2. The summed E-state index contributed by atoms with van der Waals surface area (Å²) in [5.74, 6) is 1.55. The summed E-state index contributed by atoms with van der Waals surface area (Å²) in [6.07, 6.45) is 0.790. The topological polar surface area (TPSA) is 44.5 Å². The van der Waals surface area contributed by atoms with E-state index >= 15 is 0 Å². The van der Waals surface area contributed by atoms with E-state index in [1.807, 2.05) is 19.1 Å². The average molecular weight is 321 g/mol. The third kappa shape index (κ3) is 2.98. The van der Waals surface area contributed by atoms with Crippen LogP contribution >= 0.6 is 22.6 Å². The van der Waals surface area contributed by atoms with Crippen LogP contribution < -0.4 is 15.2 Å². The fraction of sp³-hybridized carbons (Fsp3) is 0.455. The maximum Gasteiger partial charge on any atom is 0.165 e. The van der Waals surface area contributed by atoms with Crippen molar-refractivity contribution in [1.82, 2.24) is 0 Å². The third-order valence-electron chi connectivity index (χ3n) is 2.12. The summed E-state index contributed by atoms with van der Waals surface area (Å²) in [5, 5.41) is 0. The van der Waals surface area contributed by atoms with Crippen molar-refractivity contribution in [2.24, 2.45) is 5.73 Å². The summed E-state index contributed by atoms with van der Waals surface area (Å²) in [6.45, 7) is 1.98. The lowest BCUT2D eigenvalue weighted by atomic mass is 10.1. The minimum absolute atomic E-state index is 0.111. The van der Waals surface area contributed by atoms with Gasteiger partial charge in [0.2, 0.25) is 0 Å². The van der Waals surface area contributed by atoms with Crippen LogP contribution in [0.4, 0.5) is 0 Å². The maximum atomic E-state index is 5.81. The third-order valence-corrected chi connectivity index (χ3v) is 3.13. The van der Waals surface area contributed by atoms with Gasteiger partial charge in [-0.25, -0.2) is 0 Å². The summed E-state index contributed by atoms with van der Waals surface area (Å²) >= 11 is 2.28. The first-order chi connectivity index (χ1) is 7.10. The lowest BCUT2D eigenvalue weighted by molar-refractivity contribution is 0.350. The van der Waals surface area contributed by atoms with E-state index in [4.69, 9.17) is 15.2 Å². The standard InChI is InChI=1S/C11H16INO2/c1-7(13)6-8-9(12)4-5-10(14-2)11(8)15-3/h4-5,7H,6,13H2,1-3H3/t7-/m1/s1. The summed E-state index contributed by atoms with van der Waals surface area (Å²) in [7, 11) is 3.29. The van der Waals surface area contributed by atoms with Gasteiger partial charge in [0.1, 0.15) is 0 Å². The molecule has 0 bridgehead atoms. The largest absolute Gasteiger partial charge is 0.493 e. The first-order valence-corrected chi connectivity index (χ1v) is 5.83. The lowest BCUT2D eigenvalue weighted by Gasteiger charge is -2.15. The van der Waals surface area contributed by atoms with E-state index in [1.165, 1.54) is 0 Å². The van der Waals surface area contributed by atoms with E-state index < -0.39 is 0 Å². The van der Waals surface area contributed by atoms with Gasteiger partial charge in [0, 0.05) is 15.2 Å². The Morgan fingerprint density at radius 3 is 2.47 bits per heavy atom. The molecule has 1 atom stereocenters. The second-order valence-electron chi connectivity index (χ2n) is 3.44. The van der Waals surface area contributed by atoms with E-state index in [0.717, 1.165) is 27.1 Å². The minimum atomic E-state index is 0.111. The fourth-order valence-corrected chi connectivity index (χ4v) is 2.12. The van der Waals surface area contributed by atoms with Gasteiger partial charge >= 0.3 is 0 Å². The van der Waals surface area contributed by atoms with Crippen LogP contribution in [0.25, 0.3) is 0 Å². The lowest BCUT2D eigenvalue weighted by Crippen LogP contribution is -2.19. The van der Waals surface area contributed by atoms with Gasteiger partial charge in [-0.3, -0.25) is 0 Å². The number of nitrogens with two attached hydrogens (primary N) is 1. The van der Waals surface area contributed by atoms with Gasteiger partial charge in [0.25, 0.3) is 0 Å². The number of methoxy groups -OCH3 is 2. The number of hydrogen-bond donors (Lipinski definition) is 1. The highest BCUT2D eigenvalue weighted by Gasteiger charge is 2.14. The number of ether oxygens (including phenoxy) is 2. The molecule has 4 heteroatoms. The molecule has 0 aliphatic rings. The number of benzene rings is 1. The Labute approximate surface area is 104 Å². The fourth-order valence-electron chi connectivity index (χ4n) is 1.48. The summed E-state index contributed by atoms with van der Waals surface area (Å²) < 4.78 is 11.8. The highest BCUT2D eigenvalue weighted by atomic mass is 127. The van der Waals surface area contributed by atoms with Gasteiger partial charge in [0.15, 0.2) is 11.5 Å². The average Bonchev–Trinajstić information content (AvgIpc) is 2.20. The van der Waals surface area contributed by atoms with Gasteiger partial charge in [-0.1, -0.05) is 0 Å². The normalized spacial score (nSPS) is 12.3. The van der Waals surface area contributed by atoms with Gasteiger partial charge in [-0.05, 0) is 48.1 Å². The van der Waals surface area contributed by atoms with Crippen molar-refractivity contribution in [1.29, 1.82) is 0 Å². The molecule has 0 aliphatic heterocycles. The summed E-state index contributed by atoms with van der Waals surface area (Å²) in [5.41, 5.74) is 6.93. The van der Waals surface area contributed by atoms with Crippen LogP contribution in [0.5, 0.6) is 11.5 Å². The number of rotatable bonds is 4. The van der Waals surface area contributed by atoms with Crippen LogP contribution in [0.3, 0.4) is 0 Å². The van der Waals surface area contributed by atoms with Gasteiger partial charge in [0.05, 0.1) is 14.2 Å². The molecule has 0 heterocycles. The molecule has 0 saturated heterocycles. The molecule has 0 fully saturated rings. The van der Waals surface area contributed by atoms with Crippen molar-refractivity contribution < 1.29 is 9.47 Å². The second kappa shape index (κ2) is 5.55. The Balaban J connectivity index is 3.19. The Kier molecular flexibility index (Phi) is 4.66. The van der Waals surface area contributed by atoms with Crippen molar-refractivity contribution in [3.63, 3.8) is 0 Å². The monoisotopic (exact) mass is 321 g/mol. The zero-order valence-electron chi connectivity index (χ0n) is 9.21. The zero-order valence-corrected chi connectivity index (χ0v) is 11.4. The van der Waals surface area contributed by atoms with Gasteiger partial charge in [-0.2, -0.15) is 0 Å². The highest BCUT2D eigenvalue weighted by molar-refractivity contribution is 14.1. The van der Waals surface area contributed by atoms with Crippen molar-refractivity contribution >= 4 is 22.6 Å². The van der Waals surface area contributed by atoms with Crippen molar-refractivity contribution in [2.75, 3.05) is 14.2 Å². The molecule has 84 valence electrons. The maximum absolute atomic E-state index is 5.81. The van der Waals surface area contributed by atoms with Crippen molar-refractivity contribution in [3.05, 3.63) is 21.3 Å². The molecule has 15 heavy (non-hydrogen) atoms. The summed E-state index contributed by atoms with van der Waals surface area (Å²) in [4.78, 5) is 0. The molecule has 0 aliphatic carbocycles. The molecule has 2 N–H and O–H groups in total. The van der Waals surface area contributed by atoms with E-state index in [1.54, 1.807) is 14.2 Å². The molecule has 1 rings (SSSR count). The number of halogens is 1. The quantitative estimate of drug-likeness (QED) is 0.865. The van der Waals surface area contributed by atoms with Crippen LogP contribution in [-0.2, 0) is 6.42 Å². The Morgan fingerprint density at radius 1 is 1.33 bits per heavy atom. The molecule has 1 aromatic rings. The SMILES string of the molecule is COc1ccc(I)c(C[C@@H](C)N)c1OC. The number of hydrogen-bond acceptors (Lipinski definition) is 3. The van der Waals surface area contributed by atoms with Crippen LogP contribution in [0.15, 0.2) is 12.1 Å². The molecule has 0 spiro atoms. The smallest absolute Gasteiger partial charge is 0.165 e. The minimum Gasteiger partial charge on any atom is -0.493 e. The van der Waals surface area contributed by atoms with E-state index in [0.29, 0.717) is 0 Å². The van der Waals surface area contributed by atoms with Gasteiger partial charge < -0.3 is 15.2 Å². The Bertz CT molecular complexity index is 340. The molecule has 1 aromatic carbocycles. The predicted molar refractivity (Wildman–Crippen MR) is 69.6 cm³/mol. The van der Waals surface area contributed by atoms with Crippen molar-refractivity contribution in [3.8, 4) is 11.5 Å². The van der Waals surface area contributed by atoms with Gasteiger partial charge in [-0.15, -0.1) is 0 Å². The molecule has 0 unspecified atom stereocenters. The van der Waals surface area contributed by atoms with Crippen molar-refractivity contribution in [2.45, 2.75) is 19.4 Å².